The molecule has 1 unspecified atom stereocenters. The second-order valence-corrected chi connectivity index (χ2v) is 9.73. The van der Waals surface area contributed by atoms with Gasteiger partial charge in [-0.05, 0) is 54.4 Å². The van der Waals surface area contributed by atoms with Crippen LogP contribution in [-0.2, 0) is 9.53 Å². The van der Waals surface area contributed by atoms with E-state index in [0.717, 1.165) is 22.0 Å². The first-order valence-corrected chi connectivity index (χ1v) is 12.5. The molecule has 200 valence electrons. The standard InChI is InChI=1S/C29H33N3O6/c1-17(23(15-30)29(36)31-16-27-28(35)24(34)14-22(37-27)10-11-33)25-8-9-26(38-25)20-5-4-19-13-21(32(2)3)7-6-18(19)12-20/h4-9,12-13,22,24,27-28,33-35H,10-11,14,16H2,1-3H3,(H,31,36)/b23-17+/t22?,24-,27-,28+/m1/s1. The minimum absolute atomic E-state index is 0.104. The molecule has 0 aliphatic carbocycles. The van der Waals surface area contributed by atoms with Crippen molar-refractivity contribution >= 4 is 27.9 Å². The van der Waals surface area contributed by atoms with Crippen LogP contribution in [0.25, 0.3) is 27.7 Å². The number of hydrogen-bond donors (Lipinski definition) is 4. The minimum Gasteiger partial charge on any atom is -0.456 e. The van der Waals surface area contributed by atoms with Gasteiger partial charge in [0.15, 0.2) is 0 Å². The highest BCUT2D eigenvalue weighted by molar-refractivity contribution is 6.04. The quantitative estimate of drug-likeness (QED) is 0.263. The van der Waals surface area contributed by atoms with Crippen molar-refractivity contribution < 1.29 is 29.3 Å². The van der Waals surface area contributed by atoms with Gasteiger partial charge in [0.2, 0.25) is 0 Å². The number of aliphatic hydroxyl groups is 3. The van der Waals surface area contributed by atoms with Crippen molar-refractivity contribution in [1.82, 2.24) is 5.32 Å². The molecule has 9 nitrogen and oxygen atoms in total. The number of benzene rings is 2. The number of carbonyl (C=O) groups is 1. The third-order valence-corrected chi connectivity index (χ3v) is 6.88. The third-order valence-electron chi connectivity index (χ3n) is 6.88. The monoisotopic (exact) mass is 519 g/mol. The zero-order valence-corrected chi connectivity index (χ0v) is 21.7. The van der Waals surface area contributed by atoms with Gasteiger partial charge in [0.25, 0.3) is 5.91 Å². The number of ether oxygens (including phenoxy) is 1. The fraction of sp³-hybridized carbons (Fsp3) is 0.379. The summed E-state index contributed by atoms with van der Waals surface area (Å²) in [6, 6.07) is 17.7. The van der Waals surface area contributed by atoms with Gasteiger partial charge in [-0.1, -0.05) is 18.2 Å². The molecule has 3 aromatic rings. The summed E-state index contributed by atoms with van der Waals surface area (Å²) in [5.74, 6) is 0.361. The highest BCUT2D eigenvalue weighted by Gasteiger charge is 2.36. The van der Waals surface area contributed by atoms with Gasteiger partial charge >= 0.3 is 0 Å². The van der Waals surface area contributed by atoms with Gasteiger partial charge < -0.3 is 34.7 Å². The van der Waals surface area contributed by atoms with Crippen LogP contribution in [0.5, 0.6) is 0 Å². The number of aliphatic hydroxyl groups excluding tert-OH is 3. The van der Waals surface area contributed by atoms with E-state index in [9.17, 15) is 20.3 Å². The van der Waals surface area contributed by atoms with Gasteiger partial charge in [0.1, 0.15) is 35.4 Å². The Morgan fingerprint density at radius 1 is 1.13 bits per heavy atom. The number of nitriles is 1. The fourth-order valence-electron chi connectivity index (χ4n) is 4.61. The predicted molar refractivity (Wildman–Crippen MR) is 144 cm³/mol. The number of carbonyl (C=O) groups excluding carboxylic acids is 1. The molecule has 9 heteroatoms. The number of allylic oxidation sites excluding steroid dienone is 1. The molecule has 1 saturated heterocycles. The molecule has 1 fully saturated rings. The van der Waals surface area contributed by atoms with E-state index >= 15 is 0 Å². The van der Waals surface area contributed by atoms with Crippen LogP contribution in [0.1, 0.15) is 25.5 Å². The second kappa shape index (κ2) is 11.8. The largest absolute Gasteiger partial charge is 0.456 e. The van der Waals surface area contributed by atoms with Crippen LogP contribution >= 0.6 is 0 Å². The van der Waals surface area contributed by atoms with Gasteiger partial charge in [-0.25, -0.2) is 0 Å². The van der Waals surface area contributed by atoms with Crippen molar-refractivity contribution in [3.63, 3.8) is 0 Å². The minimum atomic E-state index is -1.19. The van der Waals surface area contributed by atoms with E-state index in [1.165, 1.54) is 0 Å². The first kappa shape index (κ1) is 27.4. The SMILES string of the molecule is C/C(=C(/C#N)C(=O)NC[C@H]1OC(CCO)C[C@@H](O)[C@@H]1O)c1ccc(-c2ccc3cc(N(C)C)ccc3c2)o1. The van der Waals surface area contributed by atoms with Gasteiger partial charge in [0.05, 0.1) is 12.2 Å². The molecule has 4 atom stereocenters. The summed E-state index contributed by atoms with van der Waals surface area (Å²) >= 11 is 0. The number of hydrogen-bond acceptors (Lipinski definition) is 8. The first-order chi connectivity index (χ1) is 18.2. The lowest BCUT2D eigenvalue weighted by atomic mass is 9.96. The summed E-state index contributed by atoms with van der Waals surface area (Å²) in [4.78, 5) is 14.9. The van der Waals surface area contributed by atoms with Crippen LogP contribution in [0.2, 0.25) is 0 Å². The normalized spacial score (nSPS) is 22.0. The van der Waals surface area contributed by atoms with E-state index in [1.807, 2.05) is 43.3 Å². The first-order valence-electron chi connectivity index (χ1n) is 12.5. The van der Waals surface area contributed by atoms with E-state index in [0.29, 0.717) is 23.5 Å². The number of nitrogens with zero attached hydrogens (tertiary/aromatic N) is 2. The van der Waals surface area contributed by atoms with Crippen molar-refractivity contribution in [2.24, 2.45) is 0 Å². The zero-order valence-electron chi connectivity index (χ0n) is 21.7. The molecule has 0 saturated carbocycles. The number of fused-ring (bicyclic) bond motifs is 1. The van der Waals surface area contributed by atoms with E-state index in [2.05, 4.69) is 23.5 Å². The molecule has 2 heterocycles. The average Bonchev–Trinajstić information content (AvgIpc) is 3.40. The van der Waals surface area contributed by atoms with E-state index in [1.54, 1.807) is 19.1 Å². The maximum absolute atomic E-state index is 12.8. The Morgan fingerprint density at radius 2 is 1.87 bits per heavy atom. The summed E-state index contributed by atoms with van der Waals surface area (Å²) < 4.78 is 11.7. The highest BCUT2D eigenvalue weighted by Crippen LogP contribution is 2.31. The summed E-state index contributed by atoms with van der Waals surface area (Å²) in [5, 5.41) is 44.0. The van der Waals surface area contributed by atoms with E-state index in [-0.39, 0.29) is 25.1 Å². The molecule has 4 N–H and O–H groups in total. The molecule has 0 spiro atoms. The molecule has 1 aliphatic rings. The van der Waals surface area contributed by atoms with E-state index in [4.69, 9.17) is 14.3 Å². The number of rotatable bonds is 8. The van der Waals surface area contributed by atoms with Crippen LogP contribution < -0.4 is 10.2 Å². The molecular formula is C29H33N3O6. The lowest BCUT2D eigenvalue weighted by Gasteiger charge is -2.37. The summed E-state index contributed by atoms with van der Waals surface area (Å²) in [7, 11) is 4.00. The molecule has 4 rings (SSSR count). The molecule has 1 amide bonds. The lowest BCUT2D eigenvalue weighted by Crippen LogP contribution is -2.53. The topological polar surface area (TPSA) is 139 Å². The molecule has 2 aromatic carbocycles. The Labute approximate surface area is 221 Å². The zero-order chi connectivity index (χ0) is 27.4. The maximum atomic E-state index is 12.8. The third kappa shape index (κ3) is 5.90. The number of nitrogens with one attached hydrogen (secondary N) is 1. The molecule has 38 heavy (non-hydrogen) atoms. The second-order valence-electron chi connectivity index (χ2n) is 9.73. The lowest BCUT2D eigenvalue weighted by molar-refractivity contribution is -0.170. The van der Waals surface area contributed by atoms with Crippen LogP contribution in [0.3, 0.4) is 0 Å². The van der Waals surface area contributed by atoms with Crippen LogP contribution in [0, 0.1) is 11.3 Å². The average molecular weight is 520 g/mol. The van der Waals surface area contributed by atoms with Crippen molar-refractivity contribution in [3.8, 4) is 17.4 Å². The van der Waals surface area contributed by atoms with Gasteiger partial charge in [-0.3, -0.25) is 4.79 Å². The Bertz CT molecular complexity index is 1370. The van der Waals surface area contributed by atoms with Crippen LogP contribution in [0.15, 0.2) is 58.5 Å². The molecule has 0 radical (unpaired) electrons. The Balaban J connectivity index is 1.49. The number of amides is 1. The summed E-state index contributed by atoms with van der Waals surface area (Å²) in [5.41, 5.74) is 2.23. The Morgan fingerprint density at radius 3 is 2.58 bits per heavy atom. The highest BCUT2D eigenvalue weighted by atomic mass is 16.5. The van der Waals surface area contributed by atoms with Crippen molar-refractivity contribution in [2.45, 2.75) is 44.2 Å². The van der Waals surface area contributed by atoms with Gasteiger partial charge in [-0.15, -0.1) is 0 Å². The molecule has 1 aliphatic heterocycles. The fourth-order valence-corrected chi connectivity index (χ4v) is 4.61. The van der Waals surface area contributed by atoms with Gasteiger partial charge in [-0.2, -0.15) is 5.26 Å². The molecule has 1 aromatic heterocycles. The van der Waals surface area contributed by atoms with E-state index < -0.39 is 30.3 Å². The smallest absolute Gasteiger partial charge is 0.262 e. The number of anilines is 1. The van der Waals surface area contributed by atoms with Crippen molar-refractivity contribution in [2.75, 3.05) is 32.1 Å². The summed E-state index contributed by atoms with van der Waals surface area (Å²) in [6.45, 7) is 1.42. The summed E-state index contributed by atoms with van der Waals surface area (Å²) in [6.07, 6.45) is -3.00. The maximum Gasteiger partial charge on any atom is 0.262 e. The van der Waals surface area contributed by atoms with Crippen LogP contribution in [0.4, 0.5) is 5.69 Å². The van der Waals surface area contributed by atoms with Gasteiger partial charge in [0, 0.05) is 50.5 Å². The van der Waals surface area contributed by atoms with Crippen molar-refractivity contribution in [1.29, 1.82) is 5.26 Å². The number of furan rings is 1. The predicted octanol–water partition coefficient (Wildman–Crippen LogP) is 2.84. The molecular weight excluding hydrogens is 486 g/mol. The van der Waals surface area contributed by atoms with Crippen molar-refractivity contribution in [3.05, 3.63) is 59.9 Å². The van der Waals surface area contributed by atoms with Crippen LogP contribution in [-0.4, -0.2) is 72.9 Å². The molecule has 0 bridgehead atoms. The Hall–Kier alpha value is -3.68. The Kier molecular flexibility index (Phi) is 8.49.